The maximum atomic E-state index is 9.81. The summed E-state index contributed by atoms with van der Waals surface area (Å²) in [6, 6.07) is 0. The van der Waals surface area contributed by atoms with Crippen LogP contribution in [-0.4, -0.2) is 14.5 Å². The van der Waals surface area contributed by atoms with Crippen LogP contribution in [0.3, 0.4) is 0 Å². The Morgan fingerprint density at radius 2 is 2.00 bits per heavy atom. The number of hydrogen-bond donors (Lipinski definition) is 0. The molecular formula is C2H5KO2S2. The third-order valence-electron chi connectivity index (χ3n) is 0.354. The SMILES string of the molecule is CCS(=O)([O-])=S.[K+]. The van der Waals surface area contributed by atoms with Gasteiger partial charge in [-0.1, -0.05) is 6.92 Å². The van der Waals surface area contributed by atoms with Crippen molar-refractivity contribution >= 4 is 20.0 Å². The van der Waals surface area contributed by atoms with E-state index in [1.807, 2.05) is 0 Å². The summed E-state index contributed by atoms with van der Waals surface area (Å²) in [7, 11) is -3.08. The Morgan fingerprint density at radius 3 is 2.00 bits per heavy atom. The fourth-order valence-corrected chi connectivity index (χ4v) is 0. The molecule has 38 valence electrons. The van der Waals surface area contributed by atoms with Crippen LogP contribution in [0.2, 0.25) is 0 Å². The summed E-state index contributed by atoms with van der Waals surface area (Å²) in [5.74, 6) is 0.0579. The molecule has 0 spiro atoms. The van der Waals surface area contributed by atoms with E-state index in [1.54, 1.807) is 0 Å². The van der Waals surface area contributed by atoms with Gasteiger partial charge in [0.1, 0.15) is 0 Å². The molecule has 0 fully saturated rings. The van der Waals surface area contributed by atoms with Crippen LogP contribution in [0.5, 0.6) is 0 Å². The Bertz CT molecular complexity index is 116. The largest absolute Gasteiger partial charge is 1.00 e. The van der Waals surface area contributed by atoms with Crippen LogP contribution in [0.25, 0.3) is 0 Å². The maximum Gasteiger partial charge on any atom is 1.00 e. The van der Waals surface area contributed by atoms with Crippen molar-refractivity contribution in [2.45, 2.75) is 6.92 Å². The third kappa shape index (κ3) is 11.5. The molecule has 0 amide bonds. The zero-order valence-electron chi connectivity index (χ0n) is 4.34. The maximum absolute atomic E-state index is 9.81. The van der Waals surface area contributed by atoms with Gasteiger partial charge in [0.05, 0.1) is 0 Å². The Hall–Kier alpha value is 1.97. The minimum atomic E-state index is -3.08. The predicted octanol–water partition coefficient (Wildman–Crippen LogP) is -3.11. The molecule has 0 aliphatic heterocycles. The van der Waals surface area contributed by atoms with Gasteiger partial charge in [0.25, 0.3) is 0 Å². The van der Waals surface area contributed by atoms with E-state index in [9.17, 15) is 8.76 Å². The summed E-state index contributed by atoms with van der Waals surface area (Å²) < 4.78 is 19.6. The van der Waals surface area contributed by atoms with Gasteiger partial charge in [-0.3, -0.25) is 4.21 Å². The van der Waals surface area contributed by atoms with Crippen LogP contribution >= 0.6 is 0 Å². The Morgan fingerprint density at radius 1 is 1.86 bits per heavy atom. The molecule has 0 aliphatic carbocycles. The van der Waals surface area contributed by atoms with Crippen LogP contribution < -0.4 is 51.4 Å². The molecule has 0 bridgehead atoms. The van der Waals surface area contributed by atoms with Crippen molar-refractivity contribution in [2.75, 3.05) is 5.75 Å². The smallest absolute Gasteiger partial charge is 0.769 e. The summed E-state index contributed by atoms with van der Waals surface area (Å²) in [4.78, 5) is 0. The van der Waals surface area contributed by atoms with Gasteiger partial charge in [-0.25, -0.2) is 0 Å². The molecule has 1 atom stereocenters. The number of rotatable bonds is 1. The topological polar surface area (TPSA) is 40.1 Å². The summed E-state index contributed by atoms with van der Waals surface area (Å²) in [5, 5.41) is 0. The summed E-state index contributed by atoms with van der Waals surface area (Å²) >= 11 is 3.96. The molecule has 0 aliphatic rings. The summed E-state index contributed by atoms with van der Waals surface area (Å²) in [6.45, 7) is 1.52. The van der Waals surface area contributed by atoms with Crippen LogP contribution in [0, 0.1) is 0 Å². The van der Waals surface area contributed by atoms with Crippen LogP contribution in [-0.2, 0) is 20.0 Å². The predicted molar refractivity (Wildman–Crippen MR) is 26.8 cm³/mol. The second-order valence-corrected chi connectivity index (χ2v) is 4.06. The molecule has 0 saturated carbocycles. The quantitative estimate of drug-likeness (QED) is 0.385. The average Bonchev–Trinajstić information content (AvgIpc) is 1.35. The van der Waals surface area contributed by atoms with E-state index < -0.39 is 8.77 Å². The first-order valence-corrected chi connectivity index (χ1v) is 4.07. The summed E-state index contributed by atoms with van der Waals surface area (Å²) in [5.41, 5.74) is 0. The van der Waals surface area contributed by atoms with Gasteiger partial charge in [-0.05, 0) is 20.0 Å². The molecule has 0 aromatic rings. The third-order valence-corrected chi connectivity index (χ3v) is 1.77. The van der Waals surface area contributed by atoms with Crippen LogP contribution in [0.15, 0.2) is 0 Å². The van der Waals surface area contributed by atoms with Gasteiger partial charge in [-0.2, -0.15) is 0 Å². The normalized spacial score (nSPS) is 16.9. The van der Waals surface area contributed by atoms with E-state index in [1.165, 1.54) is 6.92 Å². The van der Waals surface area contributed by atoms with Crippen molar-refractivity contribution in [3.8, 4) is 0 Å². The summed E-state index contributed by atoms with van der Waals surface area (Å²) in [6.07, 6.45) is 0. The van der Waals surface area contributed by atoms with E-state index in [0.717, 1.165) is 0 Å². The minimum absolute atomic E-state index is 0. The van der Waals surface area contributed by atoms with Crippen molar-refractivity contribution in [1.29, 1.82) is 0 Å². The van der Waals surface area contributed by atoms with Crippen LogP contribution in [0.1, 0.15) is 6.92 Å². The molecule has 0 saturated heterocycles. The van der Waals surface area contributed by atoms with Gasteiger partial charge >= 0.3 is 51.4 Å². The van der Waals surface area contributed by atoms with Gasteiger partial charge < -0.3 is 4.55 Å². The van der Waals surface area contributed by atoms with Crippen molar-refractivity contribution in [3.05, 3.63) is 0 Å². The first kappa shape index (κ1) is 11.7. The van der Waals surface area contributed by atoms with Gasteiger partial charge in [0.15, 0.2) is 0 Å². The first-order chi connectivity index (χ1) is 2.56. The fraction of sp³-hybridized carbons (Fsp3) is 1.00. The van der Waals surface area contributed by atoms with E-state index >= 15 is 0 Å². The standard InChI is InChI=1S/C2H6O2S2.K/c1-2-6(3,4)5;/h2H2,1H3,(H,3,4,5);/q;+1/p-1. The number of hydrogen-bond acceptors (Lipinski definition) is 3. The van der Waals surface area contributed by atoms with Crippen molar-refractivity contribution in [2.24, 2.45) is 0 Å². The second-order valence-electron chi connectivity index (χ2n) is 0.846. The molecule has 0 aromatic carbocycles. The Balaban J connectivity index is 0. The van der Waals surface area contributed by atoms with E-state index in [-0.39, 0.29) is 57.1 Å². The van der Waals surface area contributed by atoms with E-state index in [2.05, 4.69) is 11.2 Å². The molecule has 0 heterocycles. The monoisotopic (exact) mass is 164 g/mol. The van der Waals surface area contributed by atoms with Gasteiger partial charge in [0, 0.05) is 5.75 Å². The molecule has 7 heavy (non-hydrogen) atoms. The van der Waals surface area contributed by atoms with E-state index in [4.69, 9.17) is 0 Å². The molecule has 0 aromatic heterocycles. The molecular weight excluding hydrogens is 159 g/mol. The van der Waals surface area contributed by atoms with Crippen molar-refractivity contribution in [1.82, 2.24) is 0 Å². The molecule has 0 radical (unpaired) electrons. The minimum Gasteiger partial charge on any atom is -0.769 e. The molecule has 1 unspecified atom stereocenters. The molecule has 2 nitrogen and oxygen atoms in total. The average molecular weight is 164 g/mol. The fourth-order valence-electron chi connectivity index (χ4n) is 0. The van der Waals surface area contributed by atoms with E-state index in [0.29, 0.717) is 0 Å². The Kier molecular flexibility index (Phi) is 8.06. The molecule has 0 N–H and O–H groups in total. The zero-order chi connectivity index (χ0) is 5.21. The van der Waals surface area contributed by atoms with Crippen molar-refractivity contribution in [3.63, 3.8) is 0 Å². The molecule has 0 rings (SSSR count). The van der Waals surface area contributed by atoms with Crippen molar-refractivity contribution < 1.29 is 60.1 Å². The van der Waals surface area contributed by atoms with Gasteiger partial charge in [0.2, 0.25) is 0 Å². The Labute approximate surface area is 91.0 Å². The first-order valence-electron chi connectivity index (χ1n) is 1.50. The van der Waals surface area contributed by atoms with Gasteiger partial charge in [-0.15, -0.1) is 0 Å². The zero-order valence-corrected chi connectivity index (χ0v) is 9.10. The van der Waals surface area contributed by atoms with Crippen LogP contribution in [0.4, 0.5) is 0 Å². The second kappa shape index (κ2) is 4.81. The molecule has 5 heteroatoms.